The van der Waals surface area contributed by atoms with Gasteiger partial charge in [-0.1, -0.05) is 6.92 Å². The zero-order valence-electron chi connectivity index (χ0n) is 15.5. The highest BCUT2D eigenvalue weighted by molar-refractivity contribution is 5.94. The lowest BCUT2D eigenvalue weighted by molar-refractivity contribution is -0.152. The fraction of sp³-hybridized carbons (Fsp3) is 0.905. The van der Waals surface area contributed by atoms with E-state index in [1.807, 2.05) is 0 Å². The molecule has 4 heteroatoms. The van der Waals surface area contributed by atoms with E-state index in [2.05, 4.69) is 17.6 Å². The van der Waals surface area contributed by atoms with E-state index in [1.165, 1.54) is 19.3 Å². The summed E-state index contributed by atoms with van der Waals surface area (Å²) in [6, 6.07) is 0.316. The summed E-state index contributed by atoms with van der Waals surface area (Å²) in [5.74, 6) is 2.82. The van der Waals surface area contributed by atoms with Crippen molar-refractivity contribution in [2.24, 2.45) is 29.1 Å². The Morgan fingerprint density at radius 1 is 1.04 bits per heavy atom. The van der Waals surface area contributed by atoms with Crippen molar-refractivity contribution in [3.05, 3.63) is 0 Å². The predicted octanol–water partition coefficient (Wildman–Crippen LogP) is 3.16. The molecule has 0 aromatic heterocycles. The van der Waals surface area contributed by atoms with Crippen LogP contribution in [0, 0.1) is 29.1 Å². The topological polar surface area (TPSA) is 58.2 Å². The summed E-state index contributed by atoms with van der Waals surface area (Å²) < 4.78 is 0. The Bertz CT molecular complexity index is 565. The van der Waals surface area contributed by atoms with Crippen molar-refractivity contribution in [3.63, 3.8) is 0 Å². The highest BCUT2D eigenvalue weighted by Gasteiger charge is 2.57. The number of rotatable bonds is 2. The molecule has 6 fully saturated rings. The molecule has 0 spiro atoms. The second-order valence-electron chi connectivity index (χ2n) is 10.2. The molecule has 2 N–H and O–H groups in total. The van der Waals surface area contributed by atoms with Crippen LogP contribution in [0.2, 0.25) is 0 Å². The first kappa shape index (κ1) is 16.1. The number of fused-ring (bicyclic) bond motifs is 3. The quantitative estimate of drug-likeness (QED) is 0.808. The molecular formula is C21H32N2O2. The molecule has 3 unspecified atom stereocenters. The van der Waals surface area contributed by atoms with Crippen molar-refractivity contribution in [2.75, 3.05) is 0 Å². The zero-order chi connectivity index (χ0) is 17.2. The molecule has 25 heavy (non-hydrogen) atoms. The maximum Gasteiger partial charge on any atom is 0.246 e. The molecule has 0 radical (unpaired) electrons. The molecule has 2 heterocycles. The molecule has 4 aliphatic carbocycles. The number of amides is 2. The first-order valence-corrected chi connectivity index (χ1v) is 10.6. The van der Waals surface area contributed by atoms with Gasteiger partial charge in [0.2, 0.25) is 11.8 Å². The van der Waals surface area contributed by atoms with E-state index in [0.717, 1.165) is 69.1 Å². The lowest BCUT2D eigenvalue weighted by Gasteiger charge is -2.56. The van der Waals surface area contributed by atoms with Crippen LogP contribution in [0.25, 0.3) is 0 Å². The van der Waals surface area contributed by atoms with Crippen LogP contribution in [0.3, 0.4) is 0 Å². The Hall–Kier alpha value is -1.06. The number of hydrogen-bond donors (Lipinski definition) is 2. The minimum atomic E-state index is -0.661. The fourth-order valence-electron chi connectivity index (χ4n) is 7.48. The monoisotopic (exact) mass is 344 g/mol. The molecule has 6 rings (SSSR count). The lowest BCUT2D eigenvalue weighted by Crippen LogP contribution is -2.65. The van der Waals surface area contributed by atoms with E-state index >= 15 is 0 Å². The Labute approximate surface area is 150 Å². The largest absolute Gasteiger partial charge is 0.351 e. The smallest absolute Gasteiger partial charge is 0.246 e. The summed E-state index contributed by atoms with van der Waals surface area (Å²) >= 11 is 0. The third kappa shape index (κ3) is 2.39. The van der Waals surface area contributed by atoms with Crippen molar-refractivity contribution >= 4 is 11.8 Å². The third-order valence-corrected chi connectivity index (χ3v) is 8.51. The number of hydrogen-bond acceptors (Lipinski definition) is 2. The van der Waals surface area contributed by atoms with Gasteiger partial charge >= 0.3 is 0 Å². The summed E-state index contributed by atoms with van der Waals surface area (Å²) in [4.78, 5) is 26.6. The van der Waals surface area contributed by atoms with E-state index in [4.69, 9.17) is 0 Å². The van der Waals surface area contributed by atoms with Crippen molar-refractivity contribution in [1.82, 2.24) is 10.6 Å². The molecule has 6 bridgehead atoms. The van der Waals surface area contributed by atoms with Crippen molar-refractivity contribution in [2.45, 2.75) is 89.1 Å². The van der Waals surface area contributed by atoms with Gasteiger partial charge in [0.25, 0.3) is 0 Å². The van der Waals surface area contributed by atoms with Crippen LogP contribution >= 0.6 is 0 Å². The highest BCUT2D eigenvalue weighted by atomic mass is 16.2. The Kier molecular flexibility index (Phi) is 3.53. The first-order valence-electron chi connectivity index (χ1n) is 10.6. The van der Waals surface area contributed by atoms with Crippen LogP contribution in [-0.2, 0) is 9.59 Å². The van der Waals surface area contributed by atoms with E-state index < -0.39 is 5.54 Å². The second-order valence-corrected chi connectivity index (χ2v) is 10.2. The number of nitrogens with one attached hydrogen (secondary N) is 2. The molecule has 4 saturated carbocycles. The van der Waals surface area contributed by atoms with Gasteiger partial charge in [-0.3, -0.25) is 9.59 Å². The molecule has 2 saturated heterocycles. The van der Waals surface area contributed by atoms with Gasteiger partial charge in [0, 0.05) is 11.5 Å². The Balaban J connectivity index is 1.43. The van der Waals surface area contributed by atoms with Crippen molar-refractivity contribution < 1.29 is 9.59 Å². The van der Waals surface area contributed by atoms with Crippen LogP contribution in [0.4, 0.5) is 0 Å². The normalized spacial score (nSPS) is 50.9. The molecule has 0 aromatic carbocycles. The average Bonchev–Trinajstić information content (AvgIpc) is 2.77. The lowest BCUT2D eigenvalue weighted by atomic mass is 9.49. The molecule has 138 valence electrons. The van der Waals surface area contributed by atoms with Gasteiger partial charge in [-0.25, -0.2) is 0 Å². The van der Waals surface area contributed by atoms with Gasteiger partial charge in [0.05, 0.1) is 0 Å². The van der Waals surface area contributed by atoms with Crippen LogP contribution in [0.1, 0.15) is 77.6 Å². The third-order valence-electron chi connectivity index (χ3n) is 8.51. The summed E-state index contributed by atoms with van der Waals surface area (Å²) in [7, 11) is 0. The number of carbonyl (C=O) groups excluding carboxylic acids is 2. The Morgan fingerprint density at radius 3 is 2.32 bits per heavy atom. The van der Waals surface area contributed by atoms with Gasteiger partial charge in [-0.05, 0) is 94.3 Å². The maximum atomic E-state index is 13.6. The highest BCUT2D eigenvalue weighted by Crippen LogP contribution is 2.60. The van der Waals surface area contributed by atoms with Crippen molar-refractivity contribution in [3.8, 4) is 0 Å². The minimum absolute atomic E-state index is 0.0954. The molecule has 2 aliphatic heterocycles. The first-order chi connectivity index (χ1) is 12.0. The standard InChI is InChI=1S/C21H32N2O2/c1-13-4-5-17-3-2-6-21(13,19(25)22-17)23-18(24)20-10-14-7-15(11-20)9-16(8-14)12-20/h13-17H,2-12H2,1H3,(H,22,25)(H,23,24). The van der Waals surface area contributed by atoms with Crippen LogP contribution in [0.5, 0.6) is 0 Å². The van der Waals surface area contributed by atoms with E-state index in [1.54, 1.807) is 0 Å². The van der Waals surface area contributed by atoms with Gasteiger partial charge in [0.15, 0.2) is 0 Å². The molecule has 0 aromatic rings. The maximum absolute atomic E-state index is 13.6. The van der Waals surface area contributed by atoms with Crippen LogP contribution in [-0.4, -0.2) is 23.4 Å². The molecular weight excluding hydrogens is 312 g/mol. The average molecular weight is 344 g/mol. The van der Waals surface area contributed by atoms with Gasteiger partial charge < -0.3 is 10.6 Å². The van der Waals surface area contributed by atoms with E-state index in [-0.39, 0.29) is 23.1 Å². The predicted molar refractivity (Wildman–Crippen MR) is 95.7 cm³/mol. The van der Waals surface area contributed by atoms with Gasteiger partial charge in [-0.15, -0.1) is 0 Å². The molecule has 6 aliphatic rings. The Morgan fingerprint density at radius 2 is 1.68 bits per heavy atom. The molecule has 2 amide bonds. The van der Waals surface area contributed by atoms with Crippen molar-refractivity contribution in [1.29, 1.82) is 0 Å². The van der Waals surface area contributed by atoms with Crippen LogP contribution < -0.4 is 10.6 Å². The minimum Gasteiger partial charge on any atom is -0.351 e. The van der Waals surface area contributed by atoms with Gasteiger partial charge in [0.1, 0.15) is 5.54 Å². The summed E-state index contributed by atoms with van der Waals surface area (Å²) in [5.41, 5.74) is -0.826. The SMILES string of the molecule is CC1CCC2CCCC1(NC(=O)C13CC4CC(CC(C4)C1)C3)C(=O)N2. The van der Waals surface area contributed by atoms with Gasteiger partial charge in [-0.2, -0.15) is 0 Å². The fourth-order valence-corrected chi connectivity index (χ4v) is 7.48. The van der Waals surface area contributed by atoms with E-state index in [0.29, 0.717) is 6.04 Å². The van der Waals surface area contributed by atoms with Crippen LogP contribution in [0.15, 0.2) is 0 Å². The zero-order valence-corrected chi connectivity index (χ0v) is 15.5. The second kappa shape index (κ2) is 5.47. The molecule has 3 atom stereocenters. The molecule has 4 nitrogen and oxygen atoms in total. The van der Waals surface area contributed by atoms with E-state index in [9.17, 15) is 9.59 Å². The summed E-state index contributed by atoms with van der Waals surface area (Å²) in [6.07, 6.45) is 12.2. The number of carbonyl (C=O) groups is 2. The summed E-state index contributed by atoms with van der Waals surface area (Å²) in [5, 5.41) is 6.64. The summed E-state index contributed by atoms with van der Waals surface area (Å²) in [6.45, 7) is 2.17.